The van der Waals surface area contributed by atoms with Crippen molar-refractivity contribution in [2.75, 3.05) is 23.0 Å². The number of aliphatic hydroxyl groups is 2. The van der Waals surface area contributed by atoms with E-state index in [0.29, 0.717) is 0 Å². The molecule has 0 aromatic heterocycles. The van der Waals surface area contributed by atoms with E-state index < -0.39 is 0 Å². The lowest BCUT2D eigenvalue weighted by molar-refractivity contribution is 0.350. The Morgan fingerprint density at radius 2 is 0.812 bits per heavy atom. The van der Waals surface area contributed by atoms with Crippen molar-refractivity contribution in [1.29, 1.82) is 0 Å². The van der Waals surface area contributed by atoms with E-state index in [1.807, 2.05) is 94.7 Å². The van der Waals surface area contributed by atoms with Crippen LogP contribution in [-0.4, -0.2) is 23.4 Å². The normalized spacial score (nSPS) is 8.81. The highest BCUT2D eigenvalue weighted by Gasteiger charge is 2.10. The molecule has 0 aliphatic heterocycles. The van der Waals surface area contributed by atoms with Crippen LogP contribution >= 0.6 is 0 Å². The molecule has 3 rings (SSSR count). The van der Waals surface area contributed by atoms with Crippen LogP contribution in [0, 0.1) is 47.6 Å². The van der Waals surface area contributed by atoms with Gasteiger partial charge in [-0.15, -0.1) is 0 Å². The van der Waals surface area contributed by atoms with E-state index in [9.17, 15) is 0 Å². The van der Waals surface area contributed by atoms with Crippen LogP contribution in [0.5, 0.6) is 0 Å². The first-order chi connectivity index (χ1) is 15.8. The Labute approximate surface area is 188 Å². The highest BCUT2D eigenvalue weighted by atomic mass is 16.3. The Hall–Kier alpha value is -4.58. The third-order valence-electron chi connectivity index (χ3n) is 4.19. The molecule has 4 heteroatoms. The minimum absolute atomic E-state index is 0.228. The van der Waals surface area contributed by atoms with E-state index in [-0.39, 0.29) is 13.2 Å². The van der Waals surface area contributed by atoms with Gasteiger partial charge in [0.1, 0.15) is 13.2 Å². The molecule has 0 saturated heterocycles. The summed E-state index contributed by atoms with van der Waals surface area (Å²) in [6.45, 7) is -0.457. The summed E-state index contributed by atoms with van der Waals surface area (Å²) < 4.78 is 0. The van der Waals surface area contributed by atoms with Crippen LogP contribution in [0.1, 0.15) is 0 Å². The zero-order valence-electron chi connectivity index (χ0n) is 17.3. The fraction of sp³-hybridized carbons (Fsp3) is 0.0714. The van der Waals surface area contributed by atoms with Gasteiger partial charge in [-0.25, -0.2) is 0 Å². The fourth-order valence-electron chi connectivity index (χ4n) is 2.80. The molecule has 2 N–H and O–H groups in total. The first kappa shape index (κ1) is 22.1. The second-order valence-electron chi connectivity index (χ2n) is 6.25. The monoisotopic (exact) mass is 416 g/mol. The topological polar surface area (TPSA) is 46.9 Å². The predicted octanol–water partition coefficient (Wildman–Crippen LogP) is 3.88. The molecule has 0 spiro atoms. The van der Waals surface area contributed by atoms with Crippen molar-refractivity contribution in [3.8, 4) is 47.6 Å². The summed E-state index contributed by atoms with van der Waals surface area (Å²) in [6, 6.07) is 33.4. The van der Waals surface area contributed by atoms with Gasteiger partial charge in [-0.05, 0) is 60.4 Å². The van der Waals surface area contributed by atoms with Gasteiger partial charge >= 0.3 is 0 Å². The Kier molecular flexibility index (Phi) is 8.43. The van der Waals surface area contributed by atoms with Crippen molar-refractivity contribution in [2.24, 2.45) is 0 Å². The van der Waals surface area contributed by atoms with Gasteiger partial charge in [-0.2, -0.15) is 0 Å². The van der Waals surface area contributed by atoms with Gasteiger partial charge in [0, 0.05) is 23.9 Å². The lowest BCUT2D eigenvalue weighted by Crippen LogP contribution is -2.11. The highest BCUT2D eigenvalue weighted by Crippen LogP contribution is 2.29. The molecule has 32 heavy (non-hydrogen) atoms. The first-order valence-electron chi connectivity index (χ1n) is 9.82. The van der Waals surface area contributed by atoms with Gasteiger partial charge in [-0.3, -0.25) is 9.80 Å². The fourth-order valence-corrected chi connectivity index (χ4v) is 2.80. The molecule has 0 atom stereocenters. The van der Waals surface area contributed by atoms with Crippen LogP contribution in [0.4, 0.5) is 22.7 Å². The molecule has 4 nitrogen and oxygen atoms in total. The van der Waals surface area contributed by atoms with Crippen molar-refractivity contribution in [3.05, 3.63) is 84.9 Å². The summed E-state index contributed by atoms with van der Waals surface area (Å²) in [5, 5.41) is 17.7. The second-order valence-corrected chi connectivity index (χ2v) is 6.25. The van der Waals surface area contributed by atoms with Gasteiger partial charge in [0.05, 0.1) is 22.7 Å². The van der Waals surface area contributed by atoms with Gasteiger partial charge in [-0.1, -0.05) is 48.2 Å². The number of aliphatic hydroxyl groups excluding tert-OH is 2. The molecule has 154 valence electrons. The number of rotatable bonds is 4. The van der Waals surface area contributed by atoms with E-state index in [4.69, 9.17) is 10.2 Å². The molecule has 0 radical (unpaired) electrons. The Morgan fingerprint density at radius 3 is 1.16 bits per heavy atom. The van der Waals surface area contributed by atoms with Gasteiger partial charge in [0.2, 0.25) is 0 Å². The van der Waals surface area contributed by atoms with Crippen molar-refractivity contribution in [1.82, 2.24) is 0 Å². The Bertz CT molecular complexity index is 1150. The summed E-state index contributed by atoms with van der Waals surface area (Å²) in [6.07, 6.45) is 0. The van der Waals surface area contributed by atoms with Crippen molar-refractivity contribution >= 4 is 22.7 Å². The minimum Gasteiger partial charge on any atom is -0.384 e. The van der Waals surface area contributed by atoms with Gasteiger partial charge in [0.25, 0.3) is 0 Å². The van der Waals surface area contributed by atoms with E-state index in [0.717, 1.165) is 22.7 Å². The molecular formula is C28H20N2O2. The number of nitrogens with zero attached hydrogens (tertiary/aromatic N) is 2. The molecule has 0 bridgehead atoms. The lowest BCUT2D eigenvalue weighted by atomic mass is 10.2. The first-order valence-corrected chi connectivity index (χ1v) is 9.82. The maximum atomic E-state index is 8.84. The number of hydrogen-bond donors (Lipinski definition) is 2. The van der Waals surface area contributed by atoms with Crippen LogP contribution in [-0.2, 0) is 0 Å². The smallest absolute Gasteiger partial charge is 0.105 e. The third kappa shape index (κ3) is 6.21. The van der Waals surface area contributed by atoms with E-state index in [1.165, 1.54) is 0 Å². The van der Waals surface area contributed by atoms with Crippen LogP contribution in [0.25, 0.3) is 0 Å². The maximum Gasteiger partial charge on any atom is 0.105 e. The quantitative estimate of drug-likeness (QED) is 0.501. The van der Waals surface area contributed by atoms with E-state index >= 15 is 0 Å². The summed E-state index contributed by atoms with van der Waals surface area (Å²) in [5.74, 6) is 15.9. The predicted molar refractivity (Wildman–Crippen MR) is 129 cm³/mol. The van der Waals surface area contributed by atoms with Crippen LogP contribution in [0.2, 0.25) is 0 Å². The molecule has 0 saturated carbocycles. The molecule has 0 amide bonds. The summed E-state index contributed by atoms with van der Waals surface area (Å²) in [7, 11) is 0. The molecule has 0 aliphatic rings. The van der Waals surface area contributed by atoms with Crippen molar-refractivity contribution in [3.63, 3.8) is 0 Å². The molecular weight excluding hydrogens is 396 g/mol. The molecule has 0 heterocycles. The standard InChI is InChI=1S/C28H20N2O2/c31-23-11-3-9-21-29(25-13-5-1-6-14-25)27-17-19-28(20-18-27)30(22-10-4-12-24-32)26-15-7-2-8-16-26/h1-2,5-8,13-20,31-32H,23-24H2. The molecule has 0 fully saturated rings. The van der Waals surface area contributed by atoms with Crippen LogP contribution < -0.4 is 9.80 Å². The van der Waals surface area contributed by atoms with Gasteiger partial charge in [0.15, 0.2) is 0 Å². The minimum atomic E-state index is -0.228. The Balaban J connectivity index is 1.97. The molecule has 3 aromatic carbocycles. The average Bonchev–Trinajstić information content (AvgIpc) is 2.86. The largest absolute Gasteiger partial charge is 0.384 e. The summed E-state index contributed by atoms with van der Waals surface area (Å²) >= 11 is 0. The second kappa shape index (κ2) is 12.2. The summed E-state index contributed by atoms with van der Waals surface area (Å²) in [5.41, 5.74) is 3.52. The number of para-hydroxylation sites is 2. The summed E-state index contributed by atoms with van der Waals surface area (Å²) in [4.78, 5) is 3.67. The zero-order valence-corrected chi connectivity index (χ0v) is 17.3. The Morgan fingerprint density at radius 1 is 0.469 bits per heavy atom. The zero-order chi connectivity index (χ0) is 22.4. The molecule has 0 aliphatic carbocycles. The lowest BCUT2D eigenvalue weighted by Gasteiger charge is -2.21. The molecule has 3 aromatic rings. The van der Waals surface area contributed by atoms with Gasteiger partial charge < -0.3 is 10.2 Å². The van der Waals surface area contributed by atoms with Crippen molar-refractivity contribution in [2.45, 2.75) is 0 Å². The van der Waals surface area contributed by atoms with Crippen molar-refractivity contribution < 1.29 is 10.2 Å². The highest BCUT2D eigenvalue weighted by molar-refractivity contribution is 5.74. The average molecular weight is 416 g/mol. The number of anilines is 4. The SMILES string of the molecule is OCC#CC#CN(c1ccccc1)c1ccc(N(C#CC#CCO)c2ccccc2)cc1. The van der Waals surface area contributed by atoms with Crippen LogP contribution in [0.3, 0.4) is 0 Å². The van der Waals surface area contributed by atoms with E-state index in [1.54, 1.807) is 0 Å². The molecule has 0 unspecified atom stereocenters. The number of benzene rings is 3. The third-order valence-corrected chi connectivity index (χ3v) is 4.19. The number of hydrogen-bond acceptors (Lipinski definition) is 4. The van der Waals surface area contributed by atoms with Crippen LogP contribution in [0.15, 0.2) is 84.9 Å². The maximum absolute atomic E-state index is 8.84. The van der Waals surface area contributed by atoms with E-state index in [2.05, 4.69) is 47.6 Å².